The molecule has 1 amide bonds. The third kappa shape index (κ3) is 3.50. The summed E-state index contributed by atoms with van der Waals surface area (Å²) in [6, 6.07) is 16.8. The fourth-order valence-corrected chi connectivity index (χ4v) is 2.87. The molecular weight excluding hydrogens is 289 g/mol. The van der Waals surface area contributed by atoms with Crippen LogP contribution in [0.3, 0.4) is 0 Å². The second-order valence-electron chi connectivity index (χ2n) is 6.17. The van der Waals surface area contributed by atoms with Crippen molar-refractivity contribution in [1.82, 2.24) is 5.32 Å². The molecule has 3 rings (SSSR count). The number of benzene rings is 2. The molecule has 2 nitrogen and oxygen atoms in total. The number of nitrogens with one attached hydrogen (secondary N) is 1. The van der Waals surface area contributed by atoms with Gasteiger partial charge < -0.3 is 5.32 Å². The van der Waals surface area contributed by atoms with Crippen molar-refractivity contribution >= 4 is 11.5 Å². The first kappa shape index (κ1) is 15.5. The van der Waals surface area contributed by atoms with Gasteiger partial charge in [-0.05, 0) is 37.0 Å². The Balaban J connectivity index is 1.64. The summed E-state index contributed by atoms with van der Waals surface area (Å²) in [5, 5.41) is 2.97. The van der Waals surface area contributed by atoms with E-state index in [0.717, 1.165) is 12.8 Å². The minimum absolute atomic E-state index is 0.0800. The van der Waals surface area contributed by atoms with Crippen LogP contribution in [0.15, 0.2) is 60.7 Å². The molecule has 2 aromatic rings. The number of allylic oxidation sites excluding steroid dienone is 1. The van der Waals surface area contributed by atoms with Crippen LogP contribution in [0.4, 0.5) is 4.39 Å². The maximum Gasteiger partial charge on any atom is 0.244 e. The maximum atomic E-state index is 13.7. The molecule has 0 unspecified atom stereocenters. The van der Waals surface area contributed by atoms with E-state index >= 15 is 0 Å². The second-order valence-corrected chi connectivity index (χ2v) is 6.17. The first-order valence-electron chi connectivity index (χ1n) is 7.87. The van der Waals surface area contributed by atoms with E-state index in [2.05, 4.69) is 17.4 Å². The third-order valence-corrected chi connectivity index (χ3v) is 4.49. The van der Waals surface area contributed by atoms with Crippen molar-refractivity contribution in [3.8, 4) is 0 Å². The number of rotatable bonds is 5. The van der Waals surface area contributed by atoms with E-state index in [1.54, 1.807) is 25.1 Å². The normalized spacial score (nSPS) is 16.0. The summed E-state index contributed by atoms with van der Waals surface area (Å²) in [6.07, 6.45) is 3.65. The zero-order chi connectivity index (χ0) is 16.3. The van der Waals surface area contributed by atoms with Crippen molar-refractivity contribution < 1.29 is 9.18 Å². The molecule has 1 fully saturated rings. The van der Waals surface area contributed by atoms with Crippen molar-refractivity contribution in [2.75, 3.05) is 6.54 Å². The average Bonchev–Trinajstić information content (AvgIpc) is 3.35. The molecule has 0 aromatic heterocycles. The van der Waals surface area contributed by atoms with Gasteiger partial charge in [0.25, 0.3) is 0 Å². The summed E-state index contributed by atoms with van der Waals surface area (Å²) < 4.78 is 13.7. The van der Waals surface area contributed by atoms with Gasteiger partial charge in [-0.3, -0.25) is 4.79 Å². The van der Waals surface area contributed by atoms with E-state index in [4.69, 9.17) is 0 Å². The first-order valence-corrected chi connectivity index (χ1v) is 7.87. The molecule has 1 aliphatic rings. The molecule has 3 heteroatoms. The Morgan fingerprint density at radius 2 is 1.78 bits per heavy atom. The highest BCUT2D eigenvalue weighted by Gasteiger charge is 2.44. The number of hydrogen-bond donors (Lipinski definition) is 1. The Hall–Kier alpha value is -2.42. The highest BCUT2D eigenvalue weighted by atomic mass is 19.1. The predicted octanol–water partition coefficient (Wildman–Crippen LogP) is 4.08. The van der Waals surface area contributed by atoms with Crippen molar-refractivity contribution in [2.24, 2.45) is 0 Å². The fourth-order valence-electron chi connectivity index (χ4n) is 2.87. The number of halogens is 1. The second kappa shape index (κ2) is 6.37. The lowest BCUT2D eigenvalue weighted by molar-refractivity contribution is -0.116. The molecule has 0 heterocycles. The molecule has 0 bridgehead atoms. The maximum absolute atomic E-state index is 13.7. The average molecular weight is 309 g/mol. The summed E-state index contributed by atoms with van der Waals surface area (Å²) in [7, 11) is 0. The van der Waals surface area contributed by atoms with Gasteiger partial charge in [0.05, 0.1) is 0 Å². The van der Waals surface area contributed by atoms with Crippen molar-refractivity contribution in [1.29, 1.82) is 0 Å². The quantitative estimate of drug-likeness (QED) is 0.829. The molecule has 23 heavy (non-hydrogen) atoms. The zero-order valence-corrected chi connectivity index (χ0v) is 13.2. The number of carbonyl (C=O) groups is 1. The molecule has 0 spiro atoms. The lowest BCUT2D eigenvalue weighted by Gasteiger charge is -2.16. The lowest BCUT2D eigenvalue weighted by atomic mass is 9.96. The van der Waals surface area contributed by atoms with E-state index in [1.165, 1.54) is 17.7 Å². The van der Waals surface area contributed by atoms with Gasteiger partial charge in [-0.2, -0.15) is 0 Å². The van der Waals surface area contributed by atoms with Crippen LogP contribution in [0.5, 0.6) is 0 Å². The Bertz CT molecular complexity index is 732. The fraction of sp³-hybridized carbons (Fsp3) is 0.250. The van der Waals surface area contributed by atoms with Gasteiger partial charge in [0.2, 0.25) is 5.91 Å². The van der Waals surface area contributed by atoms with Gasteiger partial charge in [-0.15, -0.1) is 0 Å². The topological polar surface area (TPSA) is 29.1 Å². The van der Waals surface area contributed by atoms with Crippen LogP contribution in [-0.4, -0.2) is 12.5 Å². The number of amides is 1. The van der Waals surface area contributed by atoms with Crippen LogP contribution in [0, 0.1) is 5.82 Å². The smallest absolute Gasteiger partial charge is 0.244 e. The zero-order valence-electron chi connectivity index (χ0n) is 13.2. The van der Waals surface area contributed by atoms with Gasteiger partial charge >= 0.3 is 0 Å². The minimum atomic E-state index is -0.308. The first-order chi connectivity index (χ1) is 11.1. The van der Waals surface area contributed by atoms with Crippen LogP contribution in [0.2, 0.25) is 0 Å². The standard InChI is InChI=1S/C20H20FNO/c1-15(17-9-5-6-10-18(17)21)13-19(23)22-14-20(11-12-20)16-7-3-2-4-8-16/h2-10,13H,11-12,14H2,1H3,(H,22,23). The Morgan fingerprint density at radius 3 is 2.43 bits per heavy atom. The number of hydrogen-bond acceptors (Lipinski definition) is 1. The highest BCUT2D eigenvalue weighted by Crippen LogP contribution is 2.47. The molecule has 1 aliphatic carbocycles. The summed E-state index contributed by atoms with van der Waals surface area (Å²) in [6.45, 7) is 2.37. The van der Waals surface area contributed by atoms with Gasteiger partial charge in [0.15, 0.2) is 0 Å². The summed E-state index contributed by atoms with van der Waals surface area (Å²) >= 11 is 0. The Kier molecular flexibility index (Phi) is 4.28. The Labute approximate surface area is 136 Å². The molecule has 0 atom stereocenters. The van der Waals surface area contributed by atoms with E-state index in [0.29, 0.717) is 17.7 Å². The lowest BCUT2D eigenvalue weighted by Crippen LogP contribution is -2.31. The molecule has 0 radical (unpaired) electrons. The molecule has 0 saturated heterocycles. The molecule has 1 N–H and O–H groups in total. The van der Waals surface area contributed by atoms with Gasteiger partial charge in [-0.1, -0.05) is 48.5 Å². The third-order valence-electron chi connectivity index (χ3n) is 4.49. The van der Waals surface area contributed by atoms with E-state index < -0.39 is 0 Å². The van der Waals surface area contributed by atoms with Gasteiger partial charge in [-0.25, -0.2) is 4.39 Å². The predicted molar refractivity (Wildman–Crippen MR) is 90.4 cm³/mol. The van der Waals surface area contributed by atoms with E-state index in [1.807, 2.05) is 18.2 Å². The Morgan fingerprint density at radius 1 is 1.13 bits per heavy atom. The van der Waals surface area contributed by atoms with Crippen molar-refractivity contribution in [3.05, 3.63) is 77.6 Å². The van der Waals surface area contributed by atoms with E-state index in [9.17, 15) is 9.18 Å². The van der Waals surface area contributed by atoms with Crippen molar-refractivity contribution in [3.63, 3.8) is 0 Å². The molecule has 2 aromatic carbocycles. The summed E-state index contributed by atoms with van der Waals surface area (Å²) in [4.78, 5) is 12.1. The van der Waals surface area contributed by atoms with Crippen LogP contribution in [-0.2, 0) is 10.2 Å². The molecule has 1 saturated carbocycles. The molecular formula is C20H20FNO. The summed E-state index contributed by atoms with van der Waals surface area (Å²) in [5.74, 6) is -0.482. The van der Waals surface area contributed by atoms with E-state index in [-0.39, 0.29) is 17.1 Å². The number of carbonyl (C=O) groups excluding carboxylic acids is 1. The molecule has 118 valence electrons. The minimum Gasteiger partial charge on any atom is -0.352 e. The van der Waals surface area contributed by atoms with Crippen LogP contribution in [0.25, 0.3) is 5.57 Å². The van der Waals surface area contributed by atoms with Crippen molar-refractivity contribution in [2.45, 2.75) is 25.2 Å². The van der Waals surface area contributed by atoms with Crippen LogP contribution >= 0.6 is 0 Å². The highest BCUT2D eigenvalue weighted by molar-refractivity contribution is 5.94. The van der Waals surface area contributed by atoms with Crippen LogP contribution < -0.4 is 5.32 Å². The largest absolute Gasteiger partial charge is 0.352 e. The monoisotopic (exact) mass is 309 g/mol. The summed E-state index contributed by atoms with van der Waals surface area (Å²) in [5.41, 5.74) is 2.45. The van der Waals surface area contributed by atoms with Gasteiger partial charge in [0, 0.05) is 23.6 Å². The van der Waals surface area contributed by atoms with Gasteiger partial charge in [0.1, 0.15) is 5.82 Å². The van der Waals surface area contributed by atoms with Crippen LogP contribution in [0.1, 0.15) is 30.9 Å². The molecule has 0 aliphatic heterocycles. The SMILES string of the molecule is CC(=CC(=O)NCC1(c2ccccc2)CC1)c1ccccc1F.